The number of carboxylic acid groups (broad SMARTS) is 1. The predicted octanol–water partition coefficient (Wildman–Crippen LogP) is 7.35. The molecule has 3 rings (SSSR count). The van der Waals surface area contributed by atoms with Gasteiger partial charge in [0.1, 0.15) is 23.8 Å². The zero-order valence-corrected chi connectivity index (χ0v) is 24.0. The van der Waals surface area contributed by atoms with Crippen LogP contribution in [-0.4, -0.2) is 29.3 Å². The summed E-state index contributed by atoms with van der Waals surface area (Å²) in [5.41, 5.74) is 2.89. The fourth-order valence-electron chi connectivity index (χ4n) is 4.14. The topological polar surface area (TPSA) is 96.9 Å². The molecule has 40 heavy (non-hydrogen) atoms. The van der Waals surface area contributed by atoms with Gasteiger partial charge in [0.2, 0.25) is 0 Å². The van der Waals surface area contributed by atoms with Gasteiger partial charge in [0, 0.05) is 28.9 Å². The molecule has 0 aliphatic heterocycles. The minimum Gasteiger partial charge on any atom is -0.489 e. The molecule has 1 atom stereocenters. The van der Waals surface area contributed by atoms with E-state index in [2.05, 4.69) is 24.5 Å². The monoisotopic (exact) mass is 550 g/mol. The van der Waals surface area contributed by atoms with Crippen molar-refractivity contribution < 1.29 is 28.6 Å². The van der Waals surface area contributed by atoms with E-state index in [1.54, 1.807) is 70.2 Å². The lowest BCUT2D eigenvalue weighted by atomic mass is 9.97. The van der Waals surface area contributed by atoms with Gasteiger partial charge in [0.15, 0.2) is 0 Å². The van der Waals surface area contributed by atoms with E-state index in [1.807, 2.05) is 18.2 Å². The zero-order chi connectivity index (χ0) is 29.4. The number of carbonyl (C=O) groups is 2. The molecule has 3 aromatic carbocycles. The summed E-state index contributed by atoms with van der Waals surface area (Å²) in [4.78, 5) is 23.6. The first-order chi connectivity index (χ1) is 18.8. The van der Waals surface area contributed by atoms with Crippen molar-refractivity contribution in [3.8, 4) is 16.9 Å². The molecule has 0 fully saturated rings. The highest BCUT2D eigenvalue weighted by Crippen LogP contribution is 2.32. The predicted molar refractivity (Wildman–Crippen MR) is 155 cm³/mol. The van der Waals surface area contributed by atoms with Gasteiger partial charge in [-0.2, -0.15) is 0 Å². The second-order valence-electron chi connectivity index (χ2n) is 11.2. The summed E-state index contributed by atoms with van der Waals surface area (Å²) in [7, 11) is 0. The number of halogens is 1. The maximum atomic E-state index is 15.9. The van der Waals surface area contributed by atoms with E-state index in [0.717, 1.165) is 17.8 Å². The molecule has 0 heterocycles. The van der Waals surface area contributed by atoms with Crippen molar-refractivity contribution in [2.75, 3.05) is 11.9 Å². The van der Waals surface area contributed by atoms with Crippen molar-refractivity contribution in [1.29, 1.82) is 0 Å². The molecule has 1 unspecified atom stereocenters. The second kappa shape index (κ2) is 13.3. The Labute approximate surface area is 235 Å². The van der Waals surface area contributed by atoms with Crippen molar-refractivity contribution in [3.05, 3.63) is 83.2 Å². The van der Waals surface area contributed by atoms with Crippen LogP contribution in [0.2, 0.25) is 0 Å². The lowest BCUT2D eigenvalue weighted by Gasteiger charge is -2.22. The van der Waals surface area contributed by atoms with Crippen molar-refractivity contribution in [1.82, 2.24) is 5.32 Å². The molecule has 0 saturated carbocycles. The first kappa shape index (κ1) is 30.5. The van der Waals surface area contributed by atoms with Crippen LogP contribution in [0.25, 0.3) is 11.1 Å². The van der Waals surface area contributed by atoms with E-state index < -0.39 is 29.5 Å². The molecule has 3 aromatic rings. The van der Waals surface area contributed by atoms with Crippen molar-refractivity contribution >= 4 is 17.7 Å². The number of aliphatic carboxylic acids is 1. The quantitative estimate of drug-likeness (QED) is 0.231. The Bertz CT molecular complexity index is 1330. The van der Waals surface area contributed by atoms with Gasteiger partial charge in [0.05, 0.1) is 12.5 Å². The third-order valence-electron chi connectivity index (χ3n) is 5.96. The number of alkyl carbamates (subject to hydrolysis) is 1. The number of para-hydroxylation sites is 1. The van der Waals surface area contributed by atoms with Gasteiger partial charge >= 0.3 is 12.1 Å². The first-order valence-electron chi connectivity index (χ1n) is 13.4. The van der Waals surface area contributed by atoms with Gasteiger partial charge in [0.25, 0.3) is 0 Å². The number of rotatable bonds is 11. The highest BCUT2D eigenvalue weighted by Gasteiger charge is 2.21. The van der Waals surface area contributed by atoms with Crippen LogP contribution >= 0.6 is 0 Å². The maximum Gasteiger partial charge on any atom is 0.408 e. The fourth-order valence-corrected chi connectivity index (χ4v) is 4.14. The Morgan fingerprint density at radius 3 is 2.40 bits per heavy atom. The van der Waals surface area contributed by atoms with Crippen LogP contribution in [0.4, 0.5) is 14.9 Å². The zero-order valence-electron chi connectivity index (χ0n) is 24.0. The summed E-state index contributed by atoms with van der Waals surface area (Å²) in [6, 6.07) is 17.2. The third kappa shape index (κ3) is 9.00. The fraction of sp³-hybridized carbons (Fsp3) is 0.375. The number of hydrogen-bond acceptors (Lipinski definition) is 5. The molecular formula is C32H39FN2O5. The van der Waals surface area contributed by atoms with Gasteiger partial charge in [-0.15, -0.1) is 0 Å². The molecule has 0 bridgehead atoms. The molecule has 8 heteroatoms. The minimum atomic E-state index is -0.941. The molecule has 7 nitrogen and oxygen atoms in total. The molecule has 1 amide bonds. The molecule has 0 spiro atoms. The average molecular weight is 551 g/mol. The molecule has 0 saturated heterocycles. The summed E-state index contributed by atoms with van der Waals surface area (Å²) < 4.78 is 27.3. The number of carboxylic acids is 1. The number of anilines is 1. The SMILES string of the molecule is CC(C)CNc1cc(COc2ccccc2CC(=O)O)cc(-c2cccc(C(C)NC(=O)OC(C)(C)C)c2F)c1. The number of carbonyl (C=O) groups excluding carboxylic acids is 1. The third-order valence-corrected chi connectivity index (χ3v) is 5.96. The highest BCUT2D eigenvalue weighted by molar-refractivity contribution is 5.72. The molecule has 0 aromatic heterocycles. The van der Waals surface area contributed by atoms with E-state index in [-0.39, 0.29) is 13.0 Å². The van der Waals surface area contributed by atoms with E-state index in [1.165, 1.54) is 0 Å². The lowest BCUT2D eigenvalue weighted by Crippen LogP contribution is -2.34. The number of nitrogens with one attached hydrogen (secondary N) is 2. The first-order valence-corrected chi connectivity index (χ1v) is 13.4. The van der Waals surface area contributed by atoms with Crippen LogP contribution in [-0.2, 0) is 22.6 Å². The van der Waals surface area contributed by atoms with Gasteiger partial charge in [-0.3, -0.25) is 4.79 Å². The van der Waals surface area contributed by atoms with Gasteiger partial charge in [-0.25, -0.2) is 9.18 Å². The number of amides is 1. The lowest BCUT2D eigenvalue weighted by molar-refractivity contribution is -0.136. The Morgan fingerprint density at radius 2 is 1.73 bits per heavy atom. The number of benzene rings is 3. The summed E-state index contributed by atoms with van der Waals surface area (Å²) in [5.74, 6) is -0.497. The van der Waals surface area contributed by atoms with E-state index in [4.69, 9.17) is 9.47 Å². The average Bonchev–Trinajstić information content (AvgIpc) is 2.85. The molecule has 214 valence electrons. The molecule has 3 N–H and O–H groups in total. The van der Waals surface area contributed by atoms with E-state index in [0.29, 0.717) is 33.9 Å². The molecule has 0 aliphatic carbocycles. The summed E-state index contributed by atoms with van der Waals surface area (Å²) in [5, 5.41) is 15.4. The maximum absolute atomic E-state index is 15.9. The van der Waals surface area contributed by atoms with Crippen molar-refractivity contribution in [3.63, 3.8) is 0 Å². The normalized spacial score (nSPS) is 12.1. The van der Waals surface area contributed by atoms with Crippen LogP contribution in [0.5, 0.6) is 5.75 Å². The smallest absolute Gasteiger partial charge is 0.408 e. The Hall–Kier alpha value is -4.07. The van der Waals surface area contributed by atoms with Gasteiger partial charge in [-0.1, -0.05) is 50.2 Å². The van der Waals surface area contributed by atoms with E-state index >= 15 is 4.39 Å². The Balaban J connectivity index is 1.92. The second-order valence-corrected chi connectivity index (χ2v) is 11.2. The van der Waals surface area contributed by atoms with Gasteiger partial charge in [-0.05, 0) is 69.0 Å². The summed E-state index contributed by atoms with van der Waals surface area (Å²) >= 11 is 0. The largest absolute Gasteiger partial charge is 0.489 e. The van der Waals surface area contributed by atoms with Crippen LogP contribution in [0.3, 0.4) is 0 Å². The minimum absolute atomic E-state index is 0.148. The number of hydrogen-bond donors (Lipinski definition) is 3. The Kier molecular flexibility index (Phi) is 10.2. The standard InChI is InChI=1S/C32H39FN2O5/c1-20(2)18-34-25-15-22(19-39-28-13-8-7-10-23(28)17-29(36)37)14-24(16-25)27-12-9-11-26(30(27)33)21(3)35-31(38)40-32(4,5)6/h7-16,20-21,34H,17-19H2,1-6H3,(H,35,38)(H,36,37). The molecular weight excluding hydrogens is 511 g/mol. The van der Waals surface area contributed by atoms with Gasteiger partial charge < -0.3 is 25.2 Å². The van der Waals surface area contributed by atoms with Crippen molar-refractivity contribution in [2.45, 2.75) is 66.2 Å². The van der Waals surface area contributed by atoms with Crippen LogP contribution in [0.15, 0.2) is 60.7 Å². The molecule has 0 aliphatic rings. The summed E-state index contributed by atoms with van der Waals surface area (Å²) in [6.07, 6.45) is -0.766. The number of ether oxygens (including phenoxy) is 2. The highest BCUT2D eigenvalue weighted by atomic mass is 19.1. The summed E-state index contributed by atoms with van der Waals surface area (Å²) in [6.45, 7) is 12.1. The Morgan fingerprint density at radius 1 is 1.00 bits per heavy atom. The van der Waals surface area contributed by atoms with Crippen LogP contribution < -0.4 is 15.4 Å². The van der Waals surface area contributed by atoms with E-state index in [9.17, 15) is 14.7 Å². The molecule has 0 radical (unpaired) electrons. The van der Waals surface area contributed by atoms with Crippen LogP contribution in [0, 0.1) is 11.7 Å². The van der Waals surface area contributed by atoms with Crippen molar-refractivity contribution in [2.24, 2.45) is 5.92 Å². The van der Waals surface area contributed by atoms with Crippen LogP contribution in [0.1, 0.15) is 64.3 Å².